The van der Waals surface area contributed by atoms with Crippen molar-refractivity contribution >= 4 is 55.3 Å². The van der Waals surface area contributed by atoms with Crippen molar-refractivity contribution in [1.29, 1.82) is 0 Å². The second kappa shape index (κ2) is 10.2. The maximum Gasteiger partial charge on any atom is 2.00 e. The van der Waals surface area contributed by atoms with Gasteiger partial charge in [-0.3, -0.25) is 0 Å². The molecule has 0 saturated heterocycles. The molecule has 0 radical (unpaired) electrons. The Bertz CT molecular complexity index is 2400. The number of fused-ring (bicyclic) bond motifs is 20. The Kier molecular flexibility index (Phi) is 6.17. The molecule has 6 aromatic rings. The molecular formula is C35H22N8Zn. The van der Waals surface area contributed by atoms with E-state index in [0.29, 0.717) is 51.8 Å². The van der Waals surface area contributed by atoms with E-state index in [9.17, 15) is 0 Å². The van der Waals surface area contributed by atoms with Crippen LogP contribution in [0.1, 0.15) is 24.5 Å². The Morgan fingerprint density at radius 3 is 1.52 bits per heavy atom. The molecule has 44 heavy (non-hydrogen) atoms. The van der Waals surface area contributed by atoms with Crippen LogP contribution < -0.4 is 9.97 Å². The number of hydrogen-bond acceptors (Lipinski definition) is 6. The summed E-state index contributed by atoms with van der Waals surface area (Å²) in [5.41, 5.74) is 5.95. The summed E-state index contributed by atoms with van der Waals surface area (Å²) in [5, 5.41) is 3.60. The summed E-state index contributed by atoms with van der Waals surface area (Å²) in [7, 11) is 0. The molecule has 9 rings (SSSR count). The maximum atomic E-state index is 5.05. The maximum absolute atomic E-state index is 5.05. The van der Waals surface area contributed by atoms with Crippen molar-refractivity contribution in [3.63, 3.8) is 0 Å². The molecule has 0 amide bonds. The Balaban J connectivity index is 0.00000289. The summed E-state index contributed by atoms with van der Waals surface area (Å²) in [6.45, 7) is 3.95. The van der Waals surface area contributed by atoms with Gasteiger partial charge in [0.25, 0.3) is 0 Å². The number of allylic oxidation sites excluding steroid dienone is 5. The molecule has 0 fully saturated rings. The van der Waals surface area contributed by atoms with Crippen molar-refractivity contribution in [3.05, 3.63) is 109 Å². The third kappa shape index (κ3) is 4.08. The van der Waals surface area contributed by atoms with Gasteiger partial charge in [-0.25, -0.2) is 9.97 Å². The van der Waals surface area contributed by atoms with E-state index in [-0.39, 0.29) is 19.5 Å². The van der Waals surface area contributed by atoms with Crippen LogP contribution in [0.3, 0.4) is 0 Å². The first-order valence-electron chi connectivity index (χ1n) is 14.3. The van der Waals surface area contributed by atoms with E-state index < -0.39 is 0 Å². The fraction of sp³-hybridized carbons (Fsp3) is 0.0857. The average molecular weight is 620 g/mol. The fourth-order valence-corrected chi connectivity index (χ4v) is 6.14. The largest absolute Gasteiger partial charge is 2.00 e. The second-order valence-corrected chi connectivity index (χ2v) is 10.8. The minimum Gasteiger partial charge on any atom is -0.357 e. The van der Waals surface area contributed by atoms with Crippen molar-refractivity contribution in [2.45, 2.75) is 12.8 Å². The summed E-state index contributed by atoms with van der Waals surface area (Å²) < 4.78 is 0. The molecule has 1 atom stereocenters. The van der Waals surface area contributed by atoms with Crippen LogP contribution in [0.2, 0.25) is 0 Å². The van der Waals surface area contributed by atoms with Gasteiger partial charge in [0.05, 0.1) is 23.3 Å². The Hall–Kier alpha value is -5.14. The predicted octanol–water partition coefficient (Wildman–Crippen LogP) is 6.85. The first-order valence-corrected chi connectivity index (χ1v) is 14.3. The van der Waals surface area contributed by atoms with Gasteiger partial charge in [-0.15, -0.1) is 6.58 Å². The van der Waals surface area contributed by atoms with Crippen LogP contribution in [0.15, 0.2) is 97.6 Å². The summed E-state index contributed by atoms with van der Waals surface area (Å²) in [6.07, 6.45) is 8.15. The molecule has 8 bridgehead atoms. The monoisotopic (exact) mass is 618 g/mol. The van der Waals surface area contributed by atoms with E-state index in [1.165, 1.54) is 0 Å². The molecular weight excluding hydrogens is 598 g/mol. The number of aromatic nitrogens is 8. The van der Waals surface area contributed by atoms with E-state index in [4.69, 9.17) is 39.9 Å². The van der Waals surface area contributed by atoms with Crippen molar-refractivity contribution < 1.29 is 19.5 Å². The third-order valence-corrected chi connectivity index (χ3v) is 8.19. The third-order valence-electron chi connectivity index (χ3n) is 8.19. The molecule has 9 heteroatoms. The molecule has 204 valence electrons. The van der Waals surface area contributed by atoms with Gasteiger partial charge in [-0.1, -0.05) is 91.0 Å². The normalized spacial score (nSPS) is 15.2. The molecule has 0 spiro atoms. The summed E-state index contributed by atoms with van der Waals surface area (Å²) in [6, 6.07) is 24.0. The molecule has 8 nitrogen and oxygen atoms in total. The smallest absolute Gasteiger partial charge is 0.357 e. The summed E-state index contributed by atoms with van der Waals surface area (Å²) in [4.78, 5) is 39.8. The van der Waals surface area contributed by atoms with E-state index in [1.54, 1.807) is 0 Å². The molecule has 3 aliphatic rings. The molecule has 1 unspecified atom stereocenters. The van der Waals surface area contributed by atoms with E-state index in [0.717, 1.165) is 56.7 Å². The minimum absolute atomic E-state index is 0. The first-order chi connectivity index (χ1) is 21.2. The van der Waals surface area contributed by atoms with Crippen molar-refractivity contribution in [1.82, 2.24) is 39.9 Å². The number of rotatable bonds is 2. The number of benzene rings is 3. The average Bonchev–Trinajstić information content (AvgIpc) is 3.77. The van der Waals surface area contributed by atoms with Gasteiger partial charge in [-0.2, -0.15) is 0 Å². The van der Waals surface area contributed by atoms with Crippen LogP contribution >= 0.6 is 0 Å². The molecule has 1 aliphatic carbocycles. The van der Waals surface area contributed by atoms with Gasteiger partial charge in [0.1, 0.15) is 0 Å². The topological polar surface area (TPSA) is 106 Å². The predicted molar refractivity (Wildman–Crippen MR) is 168 cm³/mol. The summed E-state index contributed by atoms with van der Waals surface area (Å²) in [5.74, 6) is 2.59. The number of nitrogens with zero attached hydrogens (tertiary/aromatic N) is 8. The summed E-state index contributed by atoms with van der Waals surface area (Å²) >= 11 is 0. The fourth-order valence-electron chi connectivity index (χ4n) is 6.14. The molecule has 3 aromatic heterocycles. The van der Waals surface area contributed by atoms with Crippen LogP contribution in [0, 0.1) is 5.92 Å². The van der Waals surface area contributed by atoms with Crippen molar-refractivity contribution in [2.24, 2.45) is 5.92 Å². The SMILES string of the molecule is C=CCC1C=C2C(=CC1)c1nc2nc2[n-]c(nc3nc(nc4[n-]c(n1)c1ccccc41)-c1ccccc1-3)c1ccccc21.[Zn+2]. The molecule has 2 aliphatic heterocycles. The standard InChI is InChI=1S/C35H22N8.Zn/c1-2-9-19-16-17-26-27(18-19)35-42-33-25-15-8-7-14-24(25)31(40-33)38-29-21-11-4-3-10-20(21)28(36-29)37-30-22-12-5-6-13-23(22)32(39-30)41-34(26)43-35;/h2-8,10-15,17-19H,1,9,16H2;/q-2;+2. The zero-order valence-electron chi connectivity index (χ0n) is 23.6. The van der Waals surface area contributed by atoms with Crippen molar-refractivity contribution in [3.8, 4) is 22.8 Å². The van der Waals surface area contributed by atoms with Crippen LogP contribution in [-0.2, 0) is 19.5 Å². The van der Waals surface area contributed by atoms with Gasteiger partial charge in [0, 0.05) is 44.9 Å². The van der Waals surface area contributed by atoms with E-state index >= 15 is 0 Å². The second-order valence-electron chi connectivity index (χ2n) is 10.8. The Labute approximate surface area is 264 Å². The molecule has 5 heterocycles. The van der Waals surface area contributed by atoms with Crippen LogP contribution in [-0.4, -0.2) is 29.9 Å². The van der Waals surface area contributed by atoms with Gasteiger partial charge < -0.3 is 29.9 Å². The van der Waals surface area contributed by atoms with Crippen molar-refractivity contribution in [2.75, 3.05) is 0 Å². The van der Waals surface area contributed by atoms with Gasteiger partial charge >= 0.3 is 19.5 Å². The van der Waals surface area contributed by atoms with Crippen LogP contribution in [0.25, 0.3) is 78.1 Å². The Morgan fingerprint density at radius 1 is 0.591 bits per heavy atom. The number of hydrogen-bond donors (Lipinski definition) is 0. The van der Waals surface area contributed by atoms with Gasteiger partial charge in [0.15, 0.2) is 0 Å². The zero-order valence-corrected chi connectivity index (χ0v) is 26.6. The zero-order chi connectivity index (χ0) is 28.5. The van der Waals surface area contributed by atoms with Crippen LogP contribution in [0.4, 0.5) is 0 Å². The van der Waals surface area contributed by atoms with Crippen LogP contribution in [0.5, 0.6) is 0 Å². The Morgan fingerprint density at radius 2 is 1.02 bits per heavy atom. The molecule has 0 saturated carbocycles. The first kappa shape index (κ1) is 26.5. The van der Waals surface area contributed by atoms with E-state index in [1.807, 2.05) is 78.9 Å². The van der Waals surface area contributed by atoms with Gasteiger partial charge in [0.2, 0.25) is 0 Å². The molecule has 0 N–H and O–H groups in total. The quantitative estimate of drug-likeness (QED) is 0.153. The van der Waals surface area contributed by atoms with Gasteiger partial charge in [-0.05, 0) is 40.3 Å². The van der Waals surface area contributed by atoms with E-state index in [2.05, 4.69) is 18.7 Å². The minimum atomic E-state index is 0. The molecule has 3 aromatic carbocycles.